The van der Waals surface area contributed by atoms with Gasteiger partial charge in [-0.2, -0.15) is 4.79 Å². The Hall–Kier alpha value is -0.730. The van der Waals surface area contributed by atoms with Crippen LogP contribution in [0.3, 0.4) is 0 Å². The van der Waals surface area contributed by atoms with Gasteiger partial charge in [0.05, 0.1) is 0 Å². The van der Waals surface area contributed by atoms with Crippen molar-refractivity contribution in [2.24, 2.45) is 0 Å². The summed E-state index contributed by atoms with van der Waals surface area (Å²) in [5, 5.41) is 9.47. The highest BCUT2D eigenvalue weighted by Crippen LogP contribution is 1.32. The number of carbonyl (C=O) groups is 1. The van der Waals surface area contributed by atoms with Crippen LogP contribution in [0.4, 0.5) is 4.79 Å². The molecule has 3 nitrogen and oxygen atoms in total. The highest BCUT2D eigenvalue weighted by atomic mass is 32.1. The van der Waals surface area contributed by atoms with Gasteiger partial charge in [0.15, 0.2) is 0 Å². The third-order valence-corrected chi connectivity index (χ3v) is 0.260. The fourth-order valence-corrected chi connectivity index (χ4v) is 0.131. The van der Waals surface area contributed by atoms with Crippen molar-refractivity contribution >= 4 is 23.5 Å². The van der Waals surface area contributed by atoms with E-state index in [0.717, 1.165) is 0 Å². The Bertz CT molecular complexity index is 104. The summed E-state index contributed by atoms with van der Waals surface area (Å²) in [6.45, 7) is 0. The molecule has 6 heavy (non-hydrogen) atoms. The molecule has 0 saturated carbocycles. The molecule has 0 bridgehead atoms. The zero-order chi connectivity index (χ0) is 4.99. The van der Waals surface area contributed by atoms with E-state index in [1.807, 2.05) is 0 Å². The van der Waals surface area contributed by atoms with Gasteiger partial charge in [0.25, 0.3) is 5.16 Å². The lowest BCUT2D eigenvalue weighted by Gasteiger charge is -1.54. The summed E-state index contributed by atoms with van der Waals surface area (Å²) in [6, 6.07) is 0. The van der Waals surface area contributed by atoms with Gasteiger partial charge in [-0.15, -0.1) is 0 Å². The van der Waals surface area contributed by atoms with E-state index < -0.39 is 6.09 Å². The highest BCUT2D eigenvalue weighted by Gasteiger charge is 1.90. The number of nitrogens with one attached hydrogen (secondary N) is 1. The first kappa shape index (κ1) is 5.27. The summed E-state index contributed by atoms with van der Waals surface area (Å²) in [5.41, 5.74) is 0. The molecule has 32 valence electrons. The van der Waals surface area contributed by atoms with E-state index in [1.54, 1.807) is 10.2 Å². The molecule has 0 rings (SSSR count). The Morgan fingerprint density at radius 3 is 2.50 bits per heavy atom. The van der Waals surface area contributed by atoms with Gasteiger partial charge in [0, 0.05) is 12.2 Å². The maximum atomic E-state index is 9.36. The molecule has 0 saturated heterocycles. The van der Waals surface area contributed by atoms with Crippen LogP contribution in [0.5, 0.6) is 0 Å². The molecule has 0 atom stereocenters. The summed E-state index contributed by atoms with van der Waals surface area (Å²) < 4.78 is 0. The van der Waals surface area contributed by atoms with E-state index in [1.165, 1.54) is 0 Å². The van der Waals surface area contributed by atoms with Crippen molar-refractivity contribution in [3.8, 4) is 0 Å². The summed E-state index contributed by atoms with van der Waals surface area (Å²) in [5.74, 6) is 0. The van der Waals surface area contributed by atoms with E-state index in [4.69, 9.17) is 5.11 Å². The van der Waals surface area contributed by atoms with E-state index in [2.05, 4.69) is 12.2 Å². The van der Waals surface area contributed by atoms with Crippen LogP contribution >= 0.6 is 12.2 Å². The third kappa shape index (κ3) is 3.27. The predicted molar refractivity (Wildman–Crippen MR) is 21.6 cm³/mol. The van der Waals surface area contributed by atoms with E-state index in [9.17, 15) is 4.79 Å². The molecular weight excluding hydrogens is 102 g/mol. The molecule has 0 aromatic carbocycles. The summed E-state index contributed by atoms with van der Waals surface area (Å²) in [6.07, 6.45) is -1.18. The molecule has 0 radical (unpaired) electrons. The monoisotopic (exact) mass is 104 g/mol. The van der Waals surface area contributed by atoms with Crippen LogP contribution in [0.2, 0.25) is 0 Å². The fraction of sp³-hybridized carbons (Fsp3) is 0. The standard InChI is InChI=1S/C2HNO2S/c4-2(5)3-1-6/h(H,4,5)/p+1. The van der Waals surface area contributed by atoms with Crippen LogP contribution in [0, 0.1) is 0 Å². The van der Waals surface area contributed by atoms with Crippen molar-refractivity contribution in [2.75, 3.05) is 0 Å². The number of carboxylic acid groups (broad SMARTS) is 1. The Morgan fingerprint density at radius 2 is 2.50 bits per heavy atom. The SMILES string of the molecule is O=C(O)[NH+]=C=S. The minimum atomic E-state index is -1.18. The molecule has 0 aliphatic heterocycles. The molecule has 0 aromatic rings. The van der Waals surface area contributed by atoms with Crippen LogP contribution in [0.1, 0.15) is 0 Å². The quantitative estimate of drug-likeness (QED) is 0.301. The minimum absolute atomic E-state index is 1.18. The molecule has 0 fully saturated rings. The molecule has 1 amide bonds. The minimum Gasteiger partial charge on any atom is -0.427 e. The number of hydrogen-bond acceptors (Lipinski definition) is 2. The molecule has 0 aliphatic rings. The Morgan fingerprint density at radius 1 is 2.00 bits per heavy atom. The largest absolute Gasteiger partial charge is 0.602 e. The van der Waals surface area contributed by atoms with E-state index in [0.29, 0.717) is 0 Å². The van der Waals surface area contributed by atoms with Crippen LogP contribution in [0.25, 0.3) is 0 Å². The van der Waals surface area contributed by atoms with Gasteiger partial charge < -0.3 is 5.11 Å². The molecule has 4 heteroatoms. The smallest absolute Gasteiger partial charge is 0.427 e. The van der Waals surface area contributed by atoms with Gasteiger partial charge in [0.1, 0.15) is 0 Å². The normalized spacial score (nSPS) is 6.00. The van der Waals surface area contributed by atoms with Crippen LogP contribution in [-0.2, 0) is 0 Å². The molecule has 0 spiro atoms. The van der Waals surface area contributed by atoms with E-state index >= 15 is 0 Å². The average Bonchev–Trinajstić information content (AvgIpc) is 1.35. The fourth-order valence-electron chi connectivity index (χ4n) is 0.0437. The summed E-state index contributed by atoms with van der Waals surface area (Å²) in [7, 11) is 0. The van der Waals surface area contributed by atoms with Gasteiger partial charge in [-0.3, -0.25) is 0 Å². The number of rotatable bonds is 0. The lowest BCUT2D eigenvalue weighted by molar-refractivity contribution is -0.354. The first-order valence-corrected chi connectivity index (χ1v) is 1.54. The second kappa shape index (κ2) is 2.50. The molecular formula is C2H2NO2S+. The number of isothiocyanates is 1. The summed E-state index contributed by atoms with van der Waals surface area (Å²) >= 11 is 3.99. The van der Waals surface area contributed by atoms with Crippen molar-refractivity contribution in [3.05, 3.63) is 0 Å². The van der Waals surface area contributed by atoms with Crippen LogP contribution in [0.15, 0.2) is 0 Å². The van der Waals surface area contributed by atoms with E-state index in [-0.39, 0.29) is 0 Å². The third-order valence-electron chi connectivity index (χ3n) is 0.158. The highest BCUT2D eigenvalue weighted by molar-refractivity contribution is 7.78. The summed E-state index contributed by atoms with van der Waals surface area (Å²) in [4.78, 5) is 11.0. The van der Waals surface area contributed by atoms with Crippen molar-refractivity contribution in [1.29, 1.82) is 0 Å². The van der Waals surface area contributed by atoms with Crippen LogP contribution in [-0.4, -0.2) is 16.4 Å². The van der Waals surface area contributed by atoms with Crippen molar-refractivity contribution < 1.29 is 14.9 Å². The zero-order valence-electron chi connectivity index (χ0n) is 2.76. The molecule has 0 aliphatic carbocycles. The average molecular weight is 104 g/mol. The van der Waals surface area contributed by atoms with Crippen molar-refractivity contribution in [3.63, 3.8) is 0 Å². The Kier molecular flexibility index (Phi) is 2.20. The number of hydrogen-bond donors (Lipinski definition) is 2. The number of thiocarbonyl (C=S) groups is 1. The van der Waals surface area contributed by atoms with Crippen molar-refractivity contribution in [2.45, 2.75) is 0 Å². The topological polar surface area (TPSA) is 51.3 Å². The lowest BCUT2D eigenvalue weighted by atomic mass is 11.2. The van der Waals surface area contributed by atoms with Gasteiger partial charge in [-0.1, -0.05) is 4.99 Å². The first-order valence-electron chi connectivity index (χ1n) is 1.13. The lowest BCUT2D eigenvalue weighted by Crippen LogP contribution is -2.71. The Balaban J connectivity index is 3.60. The van der Waals surface area contributed by atoms with Gasteiger partial charge >= 0.3 is 6.09 Å². The second-order valence-electron chi connectivity index (χ2n) is 0.532. The molecule has 2 N–H and O–H groups in total. The van der Waals surface area contributed by atoms with Crippen LogP contribution < -0.4 is 4.99 Å². The number of amides is 1. The van der Waals surface area contributed by atoms with Gasteiger partial charge in [-0.25, -0.2) is 0 Å². The predicted octanol–water partition coefficient (Wildman–Crippen LogP) is -1.15. The first-order chi connectivity index (χ1) is 2.77. The molecule has 0 heterocycles. The van der Waals surface area contributed by atoms with Gasteiger partial charge in [0.2, 0.25) is 0 Å². The maximum absolute atomic E-state index is 9.36. The van der Waals surface area contributed by atoms with Crippen molar-refractivity contribution in [1.82, 2.24) is 0 Å². The molecule has 0 unspecified atom stereocenters. The second-order valence-corrected chi connectivity index (χ2v) is 0.736. The molecule has 0 aromatic heterocycles. The Labute approximate surface area is 39.3 Å². The van der Waals surface area contributed by atoms with Gasteiger partial charge in [-0.05, 0) is 0 Å². The zero-order valence-corrected chi connectivity index (χ0v) is 3.58. The maximum Gasteiger partial charge on any atom is 0.602 e.